The molecule has 17 heavy (non-hydrogen) atoms. The Morgan fingerprint density at radius 1 is 1.35 bits per heavy atom. The quantitative estimate of drug-likeness (QED) is 0.862. The van der Waals surface area contributed by atoms with Crippen LogP contribution in [0.1, 0.15) is 31.0 Å². The second kappa shape index (κ2) is 4.20. The fourth-order valence-electron chi connectivity index (χ4n) is 1.84. The Morgan fingerprint density at radius 2 is 2.06 bits per heavy atom. The smallest absolute Gasteiger partial charge is 0.0743 e. The van der Waals surface area contributed by atoms with Crippen molar-refractivity contribution in [2.24, 2.45) is 7.05 Å². The number of aromatic nitrogens is 3. The Hall–Kier alpha value is -1.84. The van der Waals surface area contributed by atoms with Crippen molar-refractivity contribution < 1.29 is 0 Å². The number of nitrogen functional groups attached to an aromatic ring is 1. The van der Waals surface area contributed by atoms with E-state index in [0.717, 1.165) is 28.2 Å². The molecule has 0 aliphatic rings. The maximum Gasteiger partial charge on any atom is 0.0743 e. The number of nitrogens with zero attached hydrogens (tertiary/aromatic N) is 3. The van der Waals surface area contributed by atoms with Gasteiger partial charge >= 0.3 is 0 Å². The van der Waals surface area contributed by atoms with E-state index < -0.39 is 0 Å². The minimum absolute atomic E-state index is 0.380. The molecule has 0 aromatic carbocycles. The summed E-state index contributed by atoms with van der Waals surface area (Å²) in [6, 6.07) is 2.01. The average molecular weight is 230 g/mol. The number of pyridine rings is 1. The molecular weight excluding hydrogens is 212 g/mol. The Kier molecular flexibility index (Phi) is 2.88. The van der Waals surface area contributed by atoms with E-state index in [1.165, 1.54) is 0 Å². The SMILES string of the molecule is Cc1cc(-c2cn(C)nc2C(C)C)ncc1N. The molecular formula is C13H18N4. The lowest BCUT2D eigenvalue weighted by Gasteiger charge is -2.06. The summed E-state index contributed by atoms with van der Waals surface area (Å²) in [5.74, 6) is 0.380. The van der Waals surface area contributed by atoms with Crippen LogP contribution in [0.25, 0.3) is 11.3 Å². The maximum atomic E-state index is 5.79. The number of nitrogens with two attached hydrogens (primary N) is 1. The average Bonchev–Trinajstić information content (AvgIpc) is 2.64. The summed E-state index contributed by atoms with van der Waals surface area (Å²) in [5, 5.41) is 4.48. The minimum Gasteiger partial charge on any atom is -0.397 e. The number of anilines is 1. The zero-order valence-corrected chi connectivity index (χ0v) is 10.7. The largest absolute Gasteiger partial charge is 0.397 e. The van der Waals surface area contributed by atoms with Gasteiger partial charge in [-0.3, -0.25) is 9.67 Å². The molecule has 4 nitrogen and oxygen atoms in total. The molecule has 0 unspecified atom stereocenters. The molecule has 0 amide bonds. The molecule has 2 N–H and O–H groups in total. The van der Waals surface area contributed by atoms with Gasteiger partial charge < -0.3 is 5.73 Å². The van der Waals surface area contributed by atoms with Crippen LogP contribution in [-0.2, 0) is 7.05 Å². The van der Waals surface area contributed by atoms with Gasteiger partial charge in [0.2, 0.25) is 0 Å². The van der Waals surface area contributed by atoms with Crippen LogP contribution in [0.15, 0.2) is 18.5 Å². The molecule has 0 bridgehead atoms. The van der Waals surface area contributed by atoms with Gasteiger partial charge in [-0.25, -0.2) is 0 Å². The summed E-state index contributed by atoms with van der Waals surface area (Å²) < 4.78 is 1.83. The summed E-state index contributed by atoms with van der Waals surface area (Å²) in [6.07, 6.45) is 3.72. The van der Waals surface area contributed by atoms with Crippen LogP contribution < -0.4 is 5.73 Å². The van der Waals surface area contributed by atoms with Gasteiger partial charge in [-0.15, -0.1) is 0 Å². The van der Waals surface area contributed by atoms with Crippen LogP contribution in [0, 0.1) is 6.92 Å². The third kappa shape index (κ3) is 2.16. The summed E-state index contributed by atoms with van der Waals surface area (Å²) in [4.78, 5) is 4.39. The molecule has 0 fully saturated rings. The van der Waals surface area contributed by atoms with E-state index in [1.807, 2.05) is 30.9 Å². The van der Waals surface area contributed by atoms with Crippen molar-refractivity contribution in [1.29, 1.82) is 0 Å². The number of aryl methyl sites for hydroxylation is 2. The number of rotatable bonds is 2. The third-order valence-corrected chi connectivity index (χ3v) is 2.83. The Morgan fingerprint density at radius 3 is 2.65 bits per heavy atom. The topological polar surface area (TPSA) is 56.7 Å². The Balaban J connectivity index is 2.55. The van der Waals surface area contributed by atoms with E-state index in [0.29, 0.717) is 5.92 Å². The van der Waals surface area contributed by atoms with Gasteiger partial charge in [-0.05, 0) is 24.5 Å². The standard InChI is InChI=1S/C13H18N4/c1-8(2)13-10(7-17(4)16-13)12-5-9(3)11(14)6-15-12/h5-8H,14H2,1-4H3. The summed E-state index contributed by atoms with van der Waals surface area (Å²) in [6.45, 7) is 6.26. The van der Waals surface area contributed by atoms with Crippen molar-refractivity contribution in [1.82, 2.24) is 14.8 Å². The molecule has 2 heterocycles. The molecule has 2 aromatic heterocycles. The third-order valence-electron chi connectivity index (χ3n) is 2.83. The molecule has 0 saturated carbocycles. The number of hydrogen-bond donors (Lipinski definition) is 1. The lowest BCUT2D eigenvalue weighted by atomic mass is 10.0. The highest BCUT2D eigenvalue weighted by molar-refractivity contribution is 5.65. The fraction of sp³-hybridized carbons (Fsp3) is 0.385. The van der Waals surface area contributed by atoms with E-state index in [2.05, 4.69) is 23.9 Å². The Labute approximate surface area is 101 Å². The summed E-state index contributed by atoms with van der Waals surface area (Å²) in [7, 11) is 1.93. The second-order valence-corrected chi connectivity index (χ2v) is 4.68. The molecule has 0 spiro atoms. The molecule has 0 radical (unpaired) electrons. The highest BCUT2D eigenvalue weighted by Crippen LogP contribution is 2.27. The maximum absolute atomic E-state index is 5.79. The molecule has 90 valence electrons. The predicted molar refractivity (Wildman–Crippen MR) is 69.7 cm³/mol. The van der Waals surface area contributed by atoms with Gasteiger partial charge in [-0.1, -0.05) is 13.8 Å². The van der Waals surface area contributed by atoms with Crippen molar-refractivity contribution in [3.63, 3.8) is 0 Å². The molecule has 0 atom stereocenters. The van der Waals surface area contributed by atoms with E-state index in [-0.39, 0.29) is 0 Å². The van der Waals surface area contributed by atoms with Gasteiger partial charge in [-0.2, -0.15) is 5.10 Å². The van der Waals surface area contributed by atoms with Crippen LogP contribution in [-0.4, -0.2) is 14.8 Å². The van der Waals surface area contributed by atoms with Crippen LogP contribution >= 0.6 is 0 Å². The molecule has 0 aliphatic carbocycles. The van der Waals surface area contributed by atoms with E-state index in [4.69, 9.17) is 5.73 Å². The normalized spacial score (nSPS) is 11.1. The first-order valence-corrected chi connectivity index (χ1v) is 5.75. The zero-order valence-electron chi connectivity index (χ0n) is 10.7. The van der Waals surface area contributed by atoms with Crippen molar-refractivity contribution >= 4 is 5.69 Å². The monoisotopic (exact) mass is 230 g/mol. The lowest BCUT2D eigenvalue weighted by Crippen LogP contribution is -1.96. The van der Waals surface area contributed by atoms with Crippen LogP contribution in [0.3, 0.4) is 0 Å². The van der Waals surface area contributed by atoms with Crippen LogP contribution in [0.2, 0.25) is 0 Å². The lowest BCUT2D eigenvalue weighted by molar-refractivity contribution is 0.713. The second-order valence-electron chi connectivity index (χ2n) is 4.68. The highest BCUT2D eigenvalue weighted by Gasteiger charge is 2.14. The van der Waals surface area contributed by atoms with Crippen molar-refractivity contribution in [2.45, 2.75) is 26.7 Å². The van der Waals surface area contributed by atoms with Gasteiger partial charge in [0, 0.05) is 18.8 Å². The zero-order chi connectivity index (χ0) is 12.6. The molecule has 0 aliphatic heterocycles. The van der Waals surface area contributed by atoms with Gasteiger partial charge in [0.1, 0.15) is 0 Å². The summed E-state index contributed by atoms with van der Waals surface area (Å²) in [5.41, 5.74) is 10.7. The van der Waals surface area contributed by atoms with Crippen LogP contribution in [0.4, 0.5) is 5.69 Å². The molecule has 2 aromatic rings. The molecule has 4 heteroatoms. The van der Waals surface area contributed by atoms with Gasteiger partial charge in [0.05, 0.1) is 23.3 Å². The van der Waals surface area contributed by atoms with Gasteiger partial charge in [0.25, 0.3) is 0 Å². The van der Waals surface area contributed by atoms with E-state index in [9.17, 15) is 0 Å². The summed E-state index contributed by atoms with van der Waals surface area (Å²) >= 11 is 0. The first-order chi connectivity index (χ1) is 7.99. The van der Waals surface area contributed by atoms with E-state index in [1.54, 1.807) is 6.20 Å². The van der Waals surface area contributed by atoms with Crippen LogP contribution in [0.5, 0.6) is 0 Å². The van der Waals surface area contributed by atoms with Gasteiger partial charge in [0.15, 0.2) is 0 Å². The first-order valence-electron chi connectivity index (χ1n) is 5.75. The predicted octanol–water partition coefficient (Wildman–Crippen LogP) is 2.50. The highest BCUT2D eigenvalue weighted by atomic mass is 15.3. The fourth-order valence-corrected chi connectivity index (χ4v) is 1.84. The van der Waals surface area contributed by atoms with Crippen molar-refractivity contribution in [3.05, 3.63) is 29.7 Å². The molecule has 0 saturated heterocycles. The number of hydrogen-bond acceptors (Lipinski definition) is 3. The van der Waals surface area contributed by atoms with Crippen molar-refractivity contribution in [2.75, 3.05) is 5.73 Å². The van der Waals surface area contributed by atoms with E-state index >= 15 is 0 Å². The minimum atomic E-state index is 0.380. The van der Waals surface area contributed by atoms with Crippen molar-refractivity contribution in [3.8, 4) is 11.3 Å². The molecule has 2 rings (SSSR count). The first kappa shape index (κ1) is 11.6. The Bertz CT molecular complexity index is 540.